The van der Waals surface area contributed by atoms with Crippen LogP contribution in [0.4, 0.5) is 0 Å². The summed E-state index contributed by atoms with van der Waals surface area (Å²) in [6.07, 6.45) is 7.03. The van der Waals surface area contributed by atoms with Crippen LogP contribution >= 0.6 is 0 Å². The Labute approximate surface area is 199 Å². The second-order valence-corrected chi connectivity index (χ2v) is 12.9. The van der Waals surface area contributed by atoms with E-state index in [1.165, 1.54) is 26.7 Å². The summed E-state index contributed by atoms with van der Waals surface area (Å²) in [5, 5.41) is 3.99. The fourth-order valence-electron chi connectivity index (χ4n) is 4.85. The Kier molecular flexibility index (Phi) is 7.10. The summed E-state index contributed by atoms with van der Waals surface area (Å²) in [6, 6.07) is 26.5. The molecule has 169 valence electrons. The van der Waals surface area contributed by atoms with E-state index < -0.39 is 8.07 Å². The van der Waals surface area contributed by atoms with Gasteiger partial charge in [0.1, 0.15) is 0 Å². The second kappa shape index (κ2) is 10.0. The zero-order chi connectivity index (χ0) is 23.4. The van der Waals surface area contributed by atoms with Gasteiger partial charge < -0.3 is 17.2 Å². The minimum Gasteiger partial charge on any atom is -0.326 e. The predicted molar refractivity (Wildman–Crippen MR) is 143 cm³/mol. The molecule has 3 aromatic rings. The normalized spacial score (nSPS) is 14.2. The highest BCUT2D eigenvalue weighted by Gasteiger charge is 2.46. The van der Waals surface area contributed by atoms with E-state index in [4.69, 9.17) is 17.2 Å². The van der Waals surface area contributed by atoms with Gasteiger partial charge in [-0.25, -0.2) is 0 Å². The molecule has 0 heterocycles. The molecular weight excluding hydrogens is 418 g/mol. The fraction of sp³-hybridized carbons (Fsp3) is 0.207. The summed E-state index contributed by atoms with van der Waals surface area (Å²) < 4.78 is 0. The molecule has 4 heteroatoms. The van der Waals surface area contributed by atoms with Crippen molar-refractivity contribution in [1.29, 1.82) is 0 Å². The number of benzene rings is 3. The molecule has 0 saturated carbocycles. The predicted octanol–water partition coefficient (Wildman–Crippen LogP) is 2.80. The van der Waals surface area contributed by atoms with E-state index in [1.54, 1.807) is 0 Å². The summed E-state index contributed by atoms with van der Waals surface area (Å²) in [6.45, 7) is 6.05. The SMILES string of the molecule is CC(C)C1=C[C]([Si](c2cccc(CN)c2)(c2cccc(CN)c2)c2cccc(CN)c2)C=C1. The van der Waals surface area contributed by atoms with E-state index in [2.05, 4.69) is 105 Å². The van der Waals surface area contributed by atoms with Gasteiger partial charge >= 0.3 is 0 Å². The lowest BCUT2D eigenvalue weighted by Crippen LogP contribution is -2.70. The average molecular weight is 453 g/mol. The van der Waals surface area contributed by atoms with Crippen LogP contribution in [-0.2, 0) is 19.6 Å². The van der Waals surface area contributed by atoms with Crippen LogP contribution in [0.25, 0.3) is 0 Å². The summed E-state index contributed by atoms with van der Waals surface area (Å²) in [7, 11) is -2.63. The average Bonchev–Trinajstić information content (AvgIpc) is 3.36. The molecule has 0 unspecified atom stereocenters. The maximum Gasteiger partial charge on any atom is 0.162 e. The molecule has 0 fully saturated rings. The standard InChI is InChI=1S/C29H34N3Si/c1-21(2)25-12-13-29(17-25)33(26-9-3-6-22(14-26)18-30,27-10-4-7-23(15-27)19-31)28-11-5-8-24(16-28)20-32/h3-17,21H,18-20,30-32H2,1-2H3. The summed E-state index contributed by atoms with van der Waals surface area (Å²) in [5.41, 5.74) is 24.5. The number of rotatable bonds is 8. The van der Waals surface area contributed by atoms with E-state index in [0.717, 1.165) is 16.7 Å². The first-order valence-electron chi connectivity index (χ1n) is 11.7. The van der Waals surface area contributed by atoms with Gasteiger partial charge in [-0.2, -0.15) is 0 Å². The molecule has 0 bridgehead atoms. The highest BCUT2D eigenvalue weighted by molar-refractivity contribution is 7.15. The third-order valence-corrected chi connectivity index (χ3v) is 11.4. The Bertz CT molecular complexity index is 1060. The van der Waals surface area contributed by atoms with Crippen molar-refractivity contribution in [2.45, 2.75) is 33.5 Å². The van der Waals surface area contributed by atoms with Gasteiger partial charge in [-0.15, -0.1) is 0 Å². The van der Waals surface area contributed by atoms with Gasteiger partial charge in [-0.3, -0.25) is 0 Å². The van der Waals surface area contributed by atoms with Gasteiger partial charge in [0.15, 0.2) is 8.07 Å². The van der Waals surface area contributed by atoms with Crippen LogP contribution in [-0.4, -0.2) is 8.07 Å². The first kappa shape index (κ1) is 23.4. The molecule has 0 aliphatic heterocycles. The Morgan fingerprint density at radius 1 is 0.636 bits per heavy atom. The van der Waals surface area contributed by atoms with Crippen LogP contribution in [0.2, 0.25) is 0 Å². The van der Waals surface area contributed by atoms with Gasteiger partial charge in [0.05, 0.1) is 0 Å². The van der Waals surface area contributed by atoms with E-state index in [-0.39, 0.29) is 0 Å². The molecule has 0 aromatic heterocycles. The monoisotopic (exact) mass is 452 g/mol. The molecule has 4 rings (SSSR count). The van der Waals surface area contributed by atoms with Crippen molar-refractivity contribution in [3.05, 3.63) is 119 Å². The lowest BCUT2D eigenvalue weighted by Gasteiger charge is -2.38. The molecule has 0 saturated heterocycles. The molecule has 3 nitrogen and oxygen atoms in total. The van der Waals surface area contributed by atoms with E-state index >= 15 is 0 Å². The zero-order valence-corrected chi connectivity index (χ0v) is 20.6. The van der Waals surface area contributed by atoms with Gasteiger partial charge in [0, 0.05) is 25.2 Å². The lowest BCUT2D eigenvalue weighted by molar-refractivity contribution is 0.794. The quantitative estimate of drug-likeness (QED) is 0.363. The molecule has 3 aromatic carbocycles. The minimum absolute atomic E-state index is 0.464. The third kappa shape index (κ3) is 4.40. The van der Waals surface area contributed by atoms with Gasteiger partial charge in [0.25, 0.3) is 0 Å². The van der Waals surface area contributed by atoms with Gasteiger partial charge in [-0.05, 0) is 43.7 Å². The molecule has 6 N–H and O–H groups in total. The Hall–Kier alpha value is -2.76. The Balaban J connectivity index is 2.10. The largest absolute Gasteiger partial charge is 0.326 e. The van der Waals surface area contributed by atoms with Crippen LogP contribution in [0, 0.1) is 11.5 Å². The van der Waals surface area contributed by atoms with Crippen LogP contribution < -0.4 is 32.8 Å². The molecule has 0 atom stereocenters. The number of hydrogen-bond acceptors (Lipinski definition) is 3. The minimum atomic E-state index is -2.63. The molecule has 1 aliphatic carbocycles. The van der Waals surface area contributed by atoms with Crippen molar-refractivity contribution in [3.63, 3.8) is 0 Å². The summed E-state index contributed by atoms with van der Waals surface area (Å²) >= 11 is 0. The molecule has 1 radical (unpaired) electrons. The first-order valence-corrected chi connectivity index (χ1v) is 13.7. The number of nitrogens with two attached hydrogens (primary N) is 3. The van der Waals surface area contributed by atoms with Crippen molar-refractivity contribution in [3.8, 4) is 0 Å². The topological polar surface area (TPSA) is 78.1 Å². The molecule has 33 heavy (non-hydrogen) atoms. The first-order chi connectivity index (χ1) is 16.0. The molecule has 0 spiro atoms. The van der Waals surface area contributed by atoms with Gasteiger partial charge in [0.2, 0.25) is 0 Å². The lowest BCUT2D eigenvalue weighted by atomic mass is 10.1. The highest BCUT2D eigenvalue weighted by Crippen LogP contribution is 2.31. The smallest absolute Gasteiger partial charge is 0.162 e. The van der Waals surface area contributed by atoms with Crippen molar-refractivity contribution >= 4 is 23.6 Å². The molecule has 1 aliphatic rings. The van der Waals surface area contributed by atoms with E-state index in [0.29, 0.717) is 25.6 Å². The highest BCUT2D eigenvalue weighted by atomic mass is 28.3. The third-order valence-electron chi connectivity index (χ3n) is 6.66. The van der Waals surface area contributed by atoms with Crippen molar-refractivity contribution in [2.24, 2.45) is 23.1 Å². The maximum atomic E-state index is 6.10. The second-order valence-electron chi connectivity index (χ2n) is 9.05. The van der Waals surface area contributed by atoms with Crippen LogP contribution in [0.15, 0.2) is 96.6 Å². The Morgan fingerprint density at radius 3 is 1.39 bits per heavy atom. The van der Waals surface area contributed by atoms with E-state index in [1.807, 2.05) is 0 Å². The van der Waals surface area contributed by atoms with E-state index in [9.17, 15) is 0 Å². The van der Waals surface area contributed by atoms with Crippen LogP contribution in [0.3, 0.4) is 0 Å². The maximum absolute atomic E-state index is 6.10. The van der Waals surface area contributed by atoms with Crippen LogP contribution in [0.5, 0.6) is 0 Å². The number of allylic oxidation sites excluding steroid dienone is 4. The number of hydrogen-bond donors (Lipinski definition) is 3. The summed E-state index contributed by atoms with van der Waals surface area (Å²) in [4.78, 5) is 0. The van der Waals surface area contributed by atoms with Gasteiger partial charge in [-0.1, -0.05) is 105 Å². The Morgan fingerprint density at radius 2 is 1.06 bits per heavy atom. The molecular formula is C29H34N3Si. The fourth-order valence-corrected chi connectivity index (χ4v) is 9.81. The molecule has 0 amide bonds. The zero-order valence-electron chi connectivity index (χ0n) is 19.6. The van der Waals surface area contributed by atoms with Crippen molar-refractivity contribution in [1.82, 2.24) is 0 Å². The summed E-state index contributed by atoms with van der Waals surface area (Å²) in [5.74, 6) is 0.464. The van der Waals surface area contributed by atoms with Crippen molar-refractivity contribution < 1.29 is 0 Å². The van der Waals surface area contributed by atoms with Crippen LogP contribution in [0.1, 0.15) is 30.5 Å². The van der Waals surface area contributed by atoms with Crippen molar-refractivity contribution in [2.75, 3.05) is 0 Å².